The normalized spacial score (nSPS) is 10.8. The van der Waals surface area contributed by atoms with Crippen LogP contribution >= 0.6 is 45.5 Å². The van der Waals surface area contributed by atoms with Crippen LogP contribution in [0.3, 0.4) is 0 Å². The SMILES string of the molecule is COC(=O)c1snc(-c2cccc3ncsc23)c1I. The van der Waals surface area contributed by atoms with Gasteiger partial charge in [-0.05, 0) is 40.2 Å². The second-order valence-electron chi connectivity index (χ2n) is 3.67. The summed E-state index contributed by atoms with van der Waals surface area (Å²) in [5, 5.41) is 0. The molecule has 96 valence electrons. The fraction of sp³-hybridized carbons (Fsp3) is 0.0833. The number of hydrogen-bond donors (Lipinski definition) is 0. The Bertz CT molecular complexity index is 766. The molecule has 0 saturated heterocycles. The average molecular weight is 402 g/mol. The molecule has 2 aromatic heterocycles. The van der Waals surface area contributed by atoms with Crippen molar-refractivity contribution in [3.8, 4) is 11.3 Å². The number of nitrogens with zero attached hydrogens (tertiary/aromatic N) is 2. The molecule has 19 heavy (non-hydrogen) atoms. The lowest BCUT2D eigenvalue weighted by Crippen LogP contribution is -1.99. The fourth-order valence-electron chi connectivity index (χ4n) is 1.74. The topological polar surface area (TPSA) is 52.1 Å². The smallest absolute Gasteiger partial charge is 0.350 e. The molecule has 3 rings (SSSR count). The van der Waals surface area contributed by atoms with Crippen LogP contribution in [-0.4, -0.2) is 22.4 Å². The number of fused-ring (bicyclic) bond motifs is 1. The van der Waals surface area contributed by atoms with E-state index in [2.05, 4.69) is 31.9 Å². The molecule has 0 aliphatic heterocycles. The van der Waals surface area contributed by atoms with E-state index in [1.807, 2.05) is 23.7 Å². The van der Waals surface area contributed by atoms with E-state index in [0.717, 1.165) is 25.0 Å². The predicted octanol–water partition coefficient (Wildman–Crippen LogP) is 3.81. The molecule has 0 bridgehead atoms. The quantitative estimate of drug-likeness (QED) is 0.483. The Hall–Kier alpha value is -1.06. The third kappa shape index (κ3) is 2.15. The van der Waals surface area contributed by atoms with E-state index in [9.17, 15) is 4.79 Å². The van der Waals surface area contributed by atoms with Crippen molar-refractivity contribution in [3.63, 3.8) is 0 Å². The Morgan fingerprint density at radius 2 is 2.26 bits per heavy atom. The molecule has 0 amide bonds. The van der Waals surface area contributed by atoms with Gasteiger partial charge in [-0.2, -0.15) is 4.37 Å². The number of carbonyl (C=O) groups excluding carboxylic acids is 1. The molecular formula is C12H7IN2O2S2. The first kappa shape index (κ1) is 12.9. The van der Waals surface area contributed by atoms with Crippen molar-refractivity contribution in [3.05, 3.63) is 32.2 Å². The molecule has 0 spiro atoms. The van der Waals surface area contributed by atoms with Crippen LogP contribution < -0.4 is 0 Å². The van der Waals surface area contributed by atoms with Crippen LogP contribution in [-0.2, 0) is 4.74 Å². The molecule has 0 aliphatic rings. The summed E-state index contributed by atoms with van der Waals surface area (Å²) < 4.78 is 11.1. The third-order valence-electron chi connectivity index (χ3n) is 2.62. The van der Waals surface area contributed by atoms with E-state index in [4.69, 9.17) is 4.74 Å². The number of esters is 1. The highest BCUT2D eigenvalue weighted by Gasteiger charge is 2.20. The third-order valence-corrected chi connectivity index (χ3v) is 5.74. The number of halogens is 1. The monoisotopic (exact) mass is 402 g/mol. The van der Waals surface area contributed by atoms with Gasteiger partial charge in [0.1, 0.15) is 4.88 Å². The number of hydrogen-bond acceptors (Lipinski definition) is 6. The van der Waals surface area contributed by atoms with Gasteiger partial charge < -0.3 is 4.74 Å². The van der Waals surface area contributed by atoms with E-state index < -0.39 is 0 Å². The summed E-state index contributed by atoms with van der Waals surface area (Å²) in [7, 11) is 1.38. The molecule has 0 aliphatic carbocycles. The number of thiazole rings is 1. The second-order valence-corrected chi connectivity index (χ2v) is 6.38. The minimum atomic E-state index is -0.343. The molecule has 1 aromatic carbocycles. The predicted molar refractivity (Wildman–Crippen MR) is 84.8 cm³/mol. The highest BCUT2D eigenvalue weighted by atomic mass is 127. The summed E-state index contributed by atoms with van der Waals surface area (Å²) in [4.78, 5) is 16.5. The van der Waals surface area contributed by atoms with E-state index in [1.54, 1.807) is 11.3 Å². The van der Waals surface area contributed by atoms with Crippen molar-refractivity contribution in [1.82, 2.24) is 9.36 Å². The maximum atomic E-state index is 11.6. The van der Waals surface area contributed by atoms with Crippen molar-refractivity contribution < 1.29 is 9.53 Å². The van der Waals surface area contributed by atoms with E-state index in [1.165, 1.54) is 18.6 Å². The molecule has 0 radical (unpaired) electrons. The molecule has 0 atom stereocenters. The van der Waals surface area contributed by atoms with Crippen molar-refractivity contribution in [1.29, 1.82) is 0 Å². The van der Waals surface area contributed by atoms with Crippen LogP contribution in [0.25, 0.3) is 21.5 Å². The molecule has 3 aromatic rings. The molecule has 0 saturated carbocycles. The number of ether oxygens (including phenoxy) is 1. The van der Waals surface area contributed by atoms with Crippen LogP contribution in [0.1, 0.15) is 9.67 Å². The summed E-state index contributed by atoms with van der Waals surface area (Å²) in [5.41, 5.74) is 4.59. The van der Waals surface area contributed by atoms with Crippen molar-refractivity contribution in [2.75, 3.05) is 7.11 Å². The van der Waals surface area contributed by atoms with Gasteiger partial charge in [0.05, 0.1) is 32.1 Å². The van der Waals surface area contributed by atoms with Gasteiger partial charge in [-0.15, -0.1) is 11.3 Å². The first-order valence-electron chi connectivity index (χ1n) is 5.28. The summed E-state index contributed by atoms with van der Waals surface area (Å²) >= 11 is 4.88. The lowest BCUT2D eigenvalue weighted by molar-refractivity contribution is 0.0605. The fourth-order valence-corrected chi connectivity index (χ4v) is 4.34. The molecule has 4 nitrogen and oxygen atoms in total. The molecular weight excluding hydrogens is 395 g/mol. The minimum Gasteiger partial charge on any atom is -0.465 e. The molecule has 0 unspecified atom stereocenters. The number of aromatic nitrogens is 2. The Morgan fingerprint density at radius 3 is 3.05 bits per heavy atom. The van der Waals surface area contributed by atoms with Crippen LogP contribution in [0.5, 0.6) is 0 Å². The van der Waals surface area contributed by atoms with Gasteiger partial charge in [-0.1, -0.05) is 12.1 Å². The lowest BCUT2D eigenvalue weighted by atomic mass is 10.1. The Labute approximate surface area is 130 Å². The highest BCUT2D eigenvalue weighted by Crippen LogP contribution is 2.35. The van der Waals surface area contributed by atoms with Crippen LogP contribution in [0, 0.1) is 3.57 Å². The van der Waals surface area contributed by atoms with Crippen molar-refractivity contribution in [2.45, 2.75) is 0 Å². The molecule has 2 heterocycles. The van der Waals surface area contributed by atoms with Gasteiger partial charge in [0.25, 0.3) is 0 Å². The summed E-state index contributed by atoms with van der Waals surface area (Å²) in [5.74, 6) is -0.343. The lowest BCUT2D eigenvalue weighted by Gasteiger charge is -2.00. The highest BCUT2D eigenvalue weighted by molar-refractivity contribution is 14.1. The van der Waals surface area contributed by atoms with Gasteiger partial charge >= 0.3 is 5.97 Å². The van der Waals surface area contributed by atoms with Crippen molar-refractivity contribution >= 4 is 61.6 Å². The van der Waals surface area contributed by atoms with E-state index >= 15 is 0 Å². The largest absolute Gasteiger partial charge is 0.465 e. The molecule has 0 N–H and O–H groups in total. The minimum absolute atomic E-state index is 0.343. The zero-order valence-corrected chi connectivity index (χ0v) is 13.5. The average Bonchev–Trinajstić information content (AvgIpc) is 3.04. The van der Waals surface area contributed by atoms with Gasteiger partial charge in [-0.25, -0.2) is 9.78 Å². The van der Waals surface area contributed by atoms with Gasteiger partial charge in [0, 0.05) is 5.56 Å². The van der Waals surface area contributed by atoms with Crippen molar-refractivity contribution in [2.24, 2.45) is 0 Å². The number of rotatable bonds is 2. The first-order chi connectivity index (χ1) is 9.22. The molecule has 7 heteroatoms. The maximum Gasteiger partial charge on any atom is 0.350 e. The number of methoxy groups -OCH3 is 1. The Kier molecular flexibility index (Phi) is 3.50. The maximum absolute atomic E-state index is 11.6. The Morgan fingerprint density at radius 1 is 1.42 bits per heavy atom. The van der Waals surface area contributed by atoms with Crippen LogP contribution in [0.4, 0.5) is 0 Å². The zero-order chi connectivity index (χ0) is 13.4. The molecule has 0 fully saturated rings. The van der Waals surface area contributed by atoms with E-state index in [0.29, 0.717) is 4.88 Å². The van der Waals surface area contributed by atoms with Gasteiger partial charge in [0.2, 0.25) is 0 Å². The van der Waals surface area contributed by atoms with E-state index in [-0.39, 0.29) is 5.97 Å². The zero-order valence-electron chi connectivity index (χ0n) is 9.71. The van der Waals surface area contributed by atoms with Gasteiger partial charge in [-0.3, -0.25) is 0 Å². The summed E-state index contributed by atoms with van der Waals surface area (Å²) in [6, 6.07) is 5.92. The van der Waals surface area contributed by atoms with Crippen LogP contribution in [0.2, 0.25) is 0 Å². The second kappa shape index (κ2) is 5.14. The van der Waals surface area contributed by atoms with Crippen LogP contribution in [0.15, 0.2) is 23.7 Å². The standard InChI is InChI=1S/C12H7IN2O2S2/c1-17-12(16)11-8(13)9(15-19-11)6-3-2-4-7-10(6)18-5-14-7/h2-5H,1H3. The Balaban J connectivity index is 2.20. The number of carbonyl (C=O) groups is 1. The number of benzene rings is 1. The van der Waals surface area contributed by atoms with Gasteiger partial charge in [0.15, 0.2) is 0 Å². The first-order valence-corrected chi connectivity index (χ1v) is 8.01. The summed E-state index contributed by atoms with van der Waals surface area (Å²) in [6.45, 7) is 0. The summed E-state index contributed by atoms with van der Waals surface area (Å²) in [6.07, 6.45) is 0.